The first-order chi connectivity index (χ1) is 9.94. The van der Waals surface area contributed by atoms with Crippen molar-refractivity contribution in [2.75, 3.05) is 0 Å². The fourth-order valence-electron chi connectivity index (χ4n) is 3.01. The summed E-state index contributed by atoms with van der Waals surface area (Å²) in [5.41, 5.74) is 0. The number of sulfonamides is 1. The molecule has 1 aliphatic rings. The molecule has 1 saturated carbocycles. The zero-order valence-corrected chi connectivity index (χ0v) is 14.5. The smallest absolute Gasteiger partial charge is 0.208 e. The van der Waals surface area contributed by atoms with E-state index in [0.717, 1.165) is 32.1 Å². The van der Waals surface area contributed by atoms with Gasteiger partial charge in [-0.15, -0.1) is 0 Å². The van der Waals surface area contributed by atoms with Gasteiger partial charge >= 0.3 is 0 Å². The maximum atomic E-state index is 13.9. The highest BCUT2D eigenvalue weighted by atomic mass is 79.9. The Morgan fingerprint density at radius 2 is 2.00 bits per heavy atom. The third kappa shape index (κ3) is 4.27. The van der Waals surface area contributed by atoms with Crippen LogP contribution >= 0.6 is 15.9 Å². The molecule has 0 amide bonds. The van der Waals surface area contributed by atoms with Crippen molar-refractivity contribution in [3.63, 3.8) is 0 Å². The molecule has 1 unspecified atom stereocenters. The first-order valence-corrected chi connectivity index (χ1v) is 9.69. The second-order valence-corrected chi connectivity index (χ2v) is 8.21. The Kier molecular flexibility index (Phi) is 5.80. The van der Waals surface area contributed by atoms with E-state index in [2.05, 4.69) is 20.7 Å². The van der Waals surface area contributed by atoms with Gasteiger partial charge in [0, 0.05) is 10.5 Å². The fourth-order valence-corrected chi connectivity index (χ4v) is 4.79. The van der Waals surface area contributed by atoms with Crippen LogP contribution < -0.4 is 4.72 Å². The summed E-state index contributed by atoms with van der Waals surface area (Å²) in [6, 6.07) is 3.91. The molecule has 6 heteroatoms. The highest BCUT2D eigenvalue weighted by molar-refractivity contribution is 9.10. The third-order valence-corrected chi connectivity index (χ3v) is 6.17. The highest BCUT2D eigenvalue weighted by Gasteiger charge is 2.28. The minimum atomic E-state index is -3.81. The predicted octanol–water partition coefficient (Wildman–Crippen LogP) is 4.23. The number of rotatable bonds is 5. The molecule has 0 heterocycles. The van der Waals surface area contributed by atoms with Gasteiger partial charge < -0.3 is 0 Å². The molecule has 3 nitrogen and oxygen atoms in total. The molecule has 118 valence electrons. The van der Waals surface area contributed by atoms with E-state index in [9.17, 15) is 12.8 Å². The lowest BCUT2D eigenvalue weighted by Crippen LogP contribution is -2.40. The van der Waals surface area contributed by atoms with Gasteiger partial charge in [0.2, 0.25) is 10.0 Å². The summed E-state index contributed by atoms with van der Waals surface area (Å²) < 4.78 is 41.9. The zero-order chi connectivity index (χ0) is 15.5. The van der Waals surface area contributed by atoms with Crippen LogP contribution in [0.2, 0.25) is 0 Å². The zero-order valence-electron chi connectivity index (χ0n) is 12.1. The minimum Gasteiger partial charge on any atom is -0.208 e. The standard InChI is InChI=1S/C15H21BrFNO2S/c1-2-14(11-6-4-3-5-7-11)18-21(19,20)15-9-8-12(16)10-13(15)17/h8-11,14,18H,2-7H2,1H3. The van der Waals surface area contributed by atoms with Gasteiger partial charge in [-0.05, 0) is 43.4 Å². The first kappa shape index (κ1) is 16.9. The Balaban J connectivity index is 2.18. The van der Waals surface area contributed by atoms with Crippen LogP contribution in [0.25, 0.3) is 0 Å². The summed E-state index contributed by atoms with van der Waals surface area (Å²) in [5.74, 6) is -0.368. The Hall–Kier alpha value is -0.460. The number of halogens is 2. The van der Waals surface area contributed by atoms with Crippen molar-refractivity contribution in [1.82, 2.24) is 4.72 Å². The SMILES string of the molecule is CCC(NS(=O)(=O)c1ccc(Br)cc1F)C1CCCCC1. The Morgan fingerprint density at radius 3 is 2.57 bits per heavy atom. The number of nitrogens with one attached hydrogen (secondary N) is 1. The van der Waals surface area contributed by atoms with Gasteiger partial charge in [-0.3, -0.25) is 0 Å². The summed E-state index contributed by atoms with van der Waals surface area (Å²) in [4.78, 5) is -0.278. The average Bonchev–Trinajstić information content (AvgIpc) is 2.45. The van der Waals surface area contributed by atoms with Gasteiger partial charge in [0.1, 0.15) is 10.7 Å². The van der Waals surface area contributed by atoms with E-state index in [0.29, 0.717) is 10.4 Å². The molecule has 1 aromatic rings. The largest absolute Gasteiger partial charge is 0.243 e. The molecular formula is C15H21BrFNO2S. The molecule has 21 heavy (non-hydrogen) atoms. The number of hydrogen-bond acceptors (Lipinski definition) is 2. The predicted molar refractivity (Wildman–Crippen MR) is 85.1 cm³/mol. The molecule has 0 spiro atoms. The van der Waals surface area contributed by atoms with Gasteiger partial charge in [0.05, 0.1) is 0 Å². The summed E-state index contributed by atoms with van der Waals surface area (Å²) in [6.45, 7) is 1.97. The van der Waals surface area contributed by atoms with Gasteiger partial charge in [-0.2, -0.15) is 0 Å². The topological polar surface area (TPSA) is 46.2 Å². The number of benzene rings is 1. The van der Waals surface area contributed by atoms with E-state index in [1.165, 1.54) is 18.6 Å². The van der Waals surface area contributed by atoms with Gasteiger partial charge in [-0.25, -0.2) is 17.5 Å². The molecule has 0 aromatic heterocycles. The molecule has 1 aromatic carbocycles. The third-order valence-electron chi connectivity index (χ3n) is 4.15. The number of hydrogen-bond donors (Lipinski definition) is 1. The summed E-state index contributed by atoms with van der Waals surface area (Å²) >= 11 is 3.13. The quantitative estimate of drug-likeness (QED) is 0.834. The molecule has 0 radical (unpaired) electrons. The van der Waals surface area contributed by atoms with Crippen LogP contribution in [0.3, 0.4) is 0 Å². The molecule has 1 N–H and O–H groups in total. The maximum absolute atomic E-state index is 13.9. The molecule has 0 bridgehead atoms. The minimum absolute atomic E-state index is 0.113. The van der Waals surface area contributed by atoms with Crippen molar-refractivity contribution in [3.05, 3.63) is 28.5 Å². The summed E-state index contributed by atoms with van der Waals surface area (Å²) in [6.07, 6.45) is 6.34. The van der Waals surface area contributed by atoms with E-state index < -0.39 is 15.8 Å². The molecule has 2 rings (SSSR count). The maximum Gasteiger partial charge on any atom is 0.243 e. The van der Waals surface area contributed by atoms with Crippen molar-refractivity contribution in [1.29, 1.82) is 0 Å². The Morgan fingerprint density at radius 1 is 1.33 bits per heavy atom. The van der Waals surface area contributed by atoms with Crippen LogP contribution in [0.1, 0.15) is 45.4 Å². The molecule has 0 saturated heterocycles. The molecule has 1 atom stereocenters. The van der Waals surface area contributed by atoms with Gasteiger partial charge in [-0.1, -0.05) is 42.1 Å². The van der Waals surface area contributed by atoms with Crippen LogP contribution in [-0.2, 0) is 10.0 Å². The Bertz CT molecular complexity index is 585. The van der Waals surface area contributed by atoms with Crippen LogP contribution in [0, 0.1) is 11.7 Å². The van der Waals surface area contributed by atoms with Crippen LogP contribution in [0.5, 0.6) is 0 Å². The van der Waals surface area contributed by atoms with Crippen molar-refractivity contribution >= 4 is 26.0 Å². The summed E-state index contributed by atoms with van der Waals surface area (Å²) in [7, 11) is -3.81. The molecular weight excluding hydrogens is 357 g/mol. The first-order valence-electron chi connectivity index (χ1n) is 7.41. The van der Waals surface area contributed by atoms with Crippen LogP contribution in [-0.4, -0.2) is 14.5 Å². The second-order valence-electron chi connectivity index (χ2n) is 5.61. The van der Waals surface area contributed by atoms with Crippen molar-refractivity contribution in [2.24, 2.45) is 5.92 Å². The van der Waals surface area contributed by atoms with Crippen LogP contribution in [0.4, 0.5) is 4.39 Å². The normalized spacial score (nSPS) is 18.6. The highest BCUT2D eigenvalue weighted by Crippen LogP contribution is 2.29. The molecule has 1 aliphatic carbocycles. The van der Waals surface area contributed by atoms with E-state index in [-0.39, 0.29) is 10.9 Å². The van der Waals surface area contributed by atoms with Crippen molar-refractivity contribution in [3.8, 4) is 0 Å². The second kappa shape index (κ2) is 7.20. The van der Waals surface area contributed by atoms with Gasteiger partial charge in [0.25, 0.3) is 0 Å². The van der Waals surface area contributed by atoms with E-state index in [1.54, 1.807) is 6.07 Å². The average molecular weight is 378 g/mol. The van der Waals surface area contributed by atoms with Crippen molar-refractivity contribution < 1.29 is 12.8 Å². The van der Waals surface area contributed by atoms with Crippen LogP contribution in [0.15, 0.2) is 27.6 Å². The summed E-state index contributed by atoms with van der Waals surface area (Å²) in [5, 5.41) is 0. The molecule has 1 fully saturated rings. The van der Waals surface area contributed by atoms with Gasteiger partial charge in [0.15, 0.2) is 0 Å². The van der Waals surface area contributed by atoms with E-state index in [1.807, 2.05) is 6.92 Å². The lowest BCUT2D eigenvalue weighted by molar-refractivity contribution is 0.285. The van der Waals surface area contributed by atoms with E-state index >= 15 is 0 Å². The fraction of sp³-hybridized carbons (Fsp3) is 0.600. The lowest BCUT2D eigenvalue weighted by Gasteiger charge is -2.30. The lowest BCUT2D eigenvalue weighted by atomic mass is 9.83. The molecule has 0 aliphatic heterocycles. The van der Waals surface area contributed by atoms with Crippen molar-refractivity contribution in [2.45, 2.75) is 56.4 Å². The van der Waals surface area contributed by atoms with E-state index in [4.69, 9.17) is 0 Å². The Labute approximate surface area is 134 Å². The monoisotopic (exact) mass is 377 g/mol.